The lowest BCUT2D eigenvalue weighted by Gasteiger charge is -2.30. The molecule has 1 aromatic rings. The lowest BCUT2D eigenvalue weighted by molar-refractivity contribution is 0.0696. The third kappa shape index (κ3) is 2.63. The van der Waals surface area contributed by atoms with Gasteiger partial charge in [0.15, 0.2) is 0 Å². The predicted octanol–water partition coefficient (Wildman–Crippen LogP) is 0.549. The second-order valence-corrected chi connectivity index (χ2v) is 6.80. The normalized spacial score (nSPS) is 16.4. The van der Waals surface area contributed by atoms with Crippen LogP contribution in [0.1, 0.15) is 21.5 Å². The largest absolute Gasteiger partial charge is 0.478 e. The molecule has 7 heteroatoms. The molecule has 19 heavy (non-hydrogen) atoms. The molecule has 0 aliphatic carbocycles. The lowest BCUT2D eigenvalue weighted by Crippen LogP contribution is -2.42. The second kappa shape index (κ2) is 4.92. The maximum Gasteiger partial charge on any atom is 0.335 e. The highest BCUT2D eigenvalue weighted by molar-refractivity contribution is 7.86. The first kappa shape index (κ1) is 14.0. The zero-order chi connectivity index (χ0) is 14.2. The zero-order valence-corrected chi connectivity index (χ0v) is 11.6. The number of aromatic carboxylic acids is 1. The monoisotopic (exact) mass is 284 g/mol. The summed E-state index contributed by atoms with van der Waals surface area (Å²) in [5.41, 5.74) is 1.95. The Balaban J connectivity index is 2.33. The van der Waals surface area contributed by atoms with Gasteiger partial charge in [0.1, 0.15) is 0 Å². The molecule has 1 aliphatic heterocycles. The van der Waals surface area contributed by atoms with E-state index in [1.807, 2.05) is 0 Å². The van der Waals surface area contributed by atoms with Crippen molar-refractivity contribution in [1.82, 2.24) is 8.61 Å². The van der Waals surface area contributed by atoms with Gasteiger partial charge in [-0.2, -0.15) is 17.0 Å². The minimum atomic E-state index is -3.46. The van der Waals surface area contributed by atoms with Gasteiger partial charge in [-0.3, -0.25) is 0 Å². The molecule has 104 valence electrons. The Morgan fingerprint density at radius 2 is 2.00 bits per heavy atom. The summed E-state index contributed by atoms with van der Waals surface area (Å²) < 4.78 is 26.6. The van der Waals surface area contributed by atoms with Gasteiger partial charge in [-0.05, 0) is 29.7 Å². The zero-order valence-electron chi connectivity index (χ0n) is 10.8. The summed E-state index contributed by atoms with van der Waals surface area (Å²) in [5, 5.41) is 8.96. The second-order valence-electron chi connectivity index (χ2n) is 4.66. The minimum Gasteiger partial charge on any atom is -0.478 e. The number of nitrogens with zero attached hydrogens (tertiary/aromatic N) is 2. The molecule has 0 spiro atoms. The van der Waals surface area contributed by atoms with Crippen LogP contribution in [0.25, 0.3) is 0 Å². The van der Waals surface area contributed by atoms with E-state index < -0.39 is 16.2 Å². The highest BCUT2D eigenvalue weighted by Crippen LogP contribution is 2.23. The van der Waals surface area contributed by atoms with Crippen LogP contribution in [-0.4, -0.2) is 48.7 Å². The molecule has 1 aromatic carbocycles. The molecular weight excluding hydrogens is 268 g/mol. The Kier molecular flexibility index (Phi) is 3.62. The predicted molar refractivity (Wildman–Crippen MR) is 70.1 cm³/mol. The molecule has 0 unspecified atom stereocenters. The van der Waals surface area contributed by atoms with Crippen LogP contribution in [0.4, 0.5) is 0 Å². The summed E-state index contributed by atoms with van der Waals surface area (Å²) in [4.78, 5) is 10.9. The summed E-state index contributed by atoms with van der Waals surface area (Å²) in [5.74, 6) is -1.00. The van der Waals surface area contributed by atoms with E-state index >= 15 is 0 Å². The number of carboxylic acid groups (broad SMARTS) is 1. The third-order valence-electron chi connectivity index (χ3n) is 3.22. The number of rotatable bonds is 3. The molecule has 1 N–H and O–H groups in total. The molecule has 1 heterocycles. The first-order valence-electron chi connectivity index (χ1n) is 5.85. The van der Waals surface area contributed by atoms with Crippen LogP contribution in [0.3, 0.4) is 0 Å². The summed E-state index contributed by atoms with van der Waals surface area (Å²) in [6.45, 7) is 0.636. The fourth-order valence-corrected chi connectivity index (χ4v) is 3.18. The third-order valence-corrected chi connectivity index (χ3v) is 5.11. The van der Waals surface area contributed by atoms with E-state index in [2.05, 4.69) is 0 Å². The maximum absolute atomic E-state index is 12.0. The average Bonchev–Trinajstić information content (AvgIpc) is 2.37. The van der Waals surface area contributed by atoms with E-state index in [9.17, 15) is 13.2 Å². The van der Waals surface area contributed by atoms with Gasteiger partial charge in [-0.1, -0.05) is 6.07 Å². The number of fused-ring (bicyclic) bond motifs is 1. The van der Waals surface area contributed by atoms with E-state index in [-0.39, 0.29) is 12.1 Å². The Labute approximate surface area is 112 Å². The molecule has 0 atom stereocenters. The van der Waals surface area contributed by atoms with E-state index in [1.165, 1.54) is 22.7 Å². The standard InChI is InChI=1S/C12H16N2O4S/c1-13(2)19(17,18)14-6-5-9-3-4-10(12(15)16)7-11(9)8-14/h3-4,7H,5-6,8H2,1-2H3,(H,15,16). The topological polar surface area (TPSA) is 77.9 Å². The lowest BCUT2D eigenvalue weighted by atomic mass is 9.99. The number of carboxylic acids is 1. The Hall–Kier alpha value is -1.44. The average molecular weight is 284 g/mol. The van der Waals surface area contributed by atoms with E-state index in [1.54, 1.807) is 18.2 Å². The van der Waals surface area contributed by atoms with Gasteiger partial charge < -0.3 is 5.11 Å². The molecule has 6 nitrogen and oxygen atoms in total. The molecule has 0 saturated carbocycles. The molecule has 0 amide bonds. The van der Waals surface area contributed by atoms with Crippen LogP contribution in [-0.2, 0) is 23.2 Å². The summed E-state index contributed by atoms with van der Waals surface area (Å²) in [6.07, 6.45) is 0.600. The van der Waals surface area contributed by atoms with Crippen LogP contribution in [0.5, 0.6) is 0 Å². The van der Waals surface area contributed by atoms with Crippen molar-refractivity contribution in [3.63, 3.8) is 0 Å². The van der Waals surface area contributed by atoms with Gasteiger partial charge >= 0.3 is 5.97 Å². The van der Waals surface area contributed by atoms with Crippen molar-refractivity contribution in [3.8, 4) is 0 Å². The molecule has 2 rings (SSSR count). The number of hydrogen-bond donors (Lipinski definition) is 1. The fourth-order valence-electron chi connectivity index (χ4n) is 2.09. The summed E-state index contributed by atoms with van der Waals surface area (Å²) in [6, 6.07) is 4.87. The van der Waals surface area contributed by atoms with Gasteiger partial charge in [0.05, 0.1) is 5.56 Å². The van der Waals surface area contributed by atoms with E-state index in [4.69, 9.17) is 5.11 Å². The first-order valence-corrected chi connectivity index (χ1v) is 7.25. The molecule has 0 saturated heterocycles. The molecule has 1 aliphatic rings. The Morgan fingerprint density at radius 3 is 2.58 bits per heavy atom. The molecular formula is C12H16N2O4S. The van der Waals surface area contributed by atoms with Crippen molar-refractivity contribution in [2.24, 2.45) is 0 Å². The van der Waals surface area contributed by atoms with Gasteiger partial charge in [0.25, 0.3) is 10.2 Å². The Morgan fingerprint density at radius 1 is 1.32 bits per heavy atom. The van der Waals surface area contributed by atoms with Crippen LogP contribution in [0, 0.1) is 0 Å². The number of hydrogen-bond acceptors (Lipinski definition) is 3. The minimum absolute atomic E-state index is 0.183. The molecule has 0 fully saturated rings. The van der Waals surface area contributed by atoms with Gasteiger partial charge in [0.2, 0.25) is 0 Å². The number of benzene rings is 1. The number of carbonyl (C=O) groups is 1. The van der Waals surface area contributed by atoms with Crippen LogP contribution >= 0.6 is 0 Å². The molecule has 0 radical (unpaired) electrons. The van der Waals surface area contributed by atoms with Crippen molar-refractivity contribution < 1.29 is 18.3 Å². The fraction of sp³-hybridized carbons (Fsp3) is 0.417. The smallest absolute Gasteiger partial charge is 0.335 e. The van der Waals surface area contributed by atoms with Crippen molar-refractivity contribution in [2.75, 3.05) is 20.6 Å². The van der Waals surface area contributed by atoms with Crippen LogP contribution in [0.2, 0.25) is 0 Å². The van der Waals surface area contributed by atoms with Crippen molar-refractivity contribution >= 4 is 16.2 Å². The maximum atomic E-state index is 12.0. The molecule has 0 bridgehead atoms. The SMILES string of the molecule is CN(C)S(=O)(=O)N1CCc2ccc(C(=O)O)cc2C1. The van der Waals surface area contributed by atoms with Gasteiger partial charge in [-0.15, -0.1) is 0 Å². The Bertz CT molecular complexity index is 610. The van der Waals surface area contributed by atoms with E-state index in [0.717, 1.165) is 11.1 Å². The highest BCUT2D eigenvalue weighted by atomic mass is 32.2. The van der Waals surface area contributed by atoms with E-state index in [0.29, 0.717) is 13.0 Å². The summed E-state index contributed by atoms with van der Waals surface area (Å²) in [7, 11) is -0.487. The molecule has 0 aromatic heterocycles. The van der Waals surface area contributed by atoms with Crippen molar-refractivity contribution in [2.45, 2.75) is 13.0 Å². The highest BCUT2D eigenvalue weighted by Gasteiger charge is 2.28. The first-order chi connectivity index (χ1) is 8.82. The van der Waals surface area contributed by atoms with Crippen molar-refractivity contribution in [1.29, 1.82) is 0 Å². The van der Waals surface area contributed by atoms with Gasteiger partial charge in [-0.25, -0.2) is 4.79 Å². The van der Waals surface area contributed by atoms with Gasteiger partial charge in [0, 0.05) is 27.2 Å². The summed E-state index contributed by atoms with van der Waals surface area (Å²) >= 11 is 0. The van der Waals surface area contributed by atoms with Crippen molar-refractivity contribution in [3.05, 3.63) is 34.9 Å². The van der Waals surface area contributed by atoms with Crippen LogP contribution in [0.15, 0.2) is 18.2 Å². The van der Waals surface area contributed by atoms with Crippen LogP contribution < -0.4 is 0 Å². The quantitative estimate of drug-likeness (QED) is 0.879.